The summed E-state index contributed by atoms with van der Waals surface area (Å²) in [5, 5.41) is 4.28. The quantitative estimate of drug-likeness (QED) is 0.282. The predicted molar refractivity (Wildman–Crippen MR) is 147 cm³/mol. The highest BCUT2D eigenvalue weighted by molar-refractivity contribution is 9.10. The molecular weight excluding hydrogens is 504 g/mol. The molecule has 34 heavy (non-hydrogen) atoms. The van der Waals surface area contributed by atoms with Crippen molar-refractivity contribution in [2.24, 2.45) is 0 Å². The standard InChI is InChI=1S/C28H27BrN4S/c1-4-20-9-5-6-11-25(20)32-18(2)17-23(19(32)3)27-26(24-10-7-8-16-30-24)31-28(34)33(27)22-14-12-21(29)13-15-22/h5-17,26-27H,4H2,1-3H3,(H,31,34)/t26-,27+/m1/s1. The summed E-state index contributed by atoms with van der Waals surface area (Å²) in [7, 11) is 0. The van der Waals surface area contributed by atoms with Gasteiger partial charge in [-0.2, -0.15) is 0 Å². The summed E-state index contributed by atoms with van der Waals surface area (Å²) in [5.74, 6) is 0. The van der Waals surface area contributed by atoms with Crippen LogP contribution in [-0.4, -0.2) is 14.7 Å². The van der Waals surface area contributed by atoms with Gasteiger partial charge in [0.05, 0.1) is 17.8 Å². The summed E-state index contributed by atoms with van der Waals surface area (Å²) in [4.78, 5) is 6.93. The molecule has 4 aromatic rings. The van der Waals surface area contributed by atoms with Crippen LogP contribution in [0, 0.1) is 13.8 Å². The average molecular weight is 532 g/mol. The number of pyridine rings is 1. The minimum Gasteiger partial charge on any atom is -0.351 e. The Morgan fingerprint density at radius 1 is 1.00 bits per heavy atom. The van der Waals surface area contributed by atoms with E-state index in [4.69, 9.17) is 17.2 Å². The van der Waals surface area contributed by atoms with Crippen LogP contribution in [0.3, 0.4) is 0 Å². The fourth-order valence-electron chi connectivity index (χ4n) is 5.04. The van der Waals surface area contributed by atoms with Crippen molar-refractivity contribution in [3.05, 3.63) is 112 Å². The Morgan fingerprint density at radius 3 is 2.44 bits per heavy atom. The summed E-state index contributed by atoms with van der Waals surface area (Å²) in [6.45, 7) is 6.61. The van der Waals surface area contributed by atoms with Gasteiger partial charge < -0.3 is 14.8 Å². The molecule has 2 atom stereocenters. The Bertz CT molecular complexity index is 1330. The smallest absolute Gasteiger partial charge is 0.174 e. The fourth-order valence-corrected chi connectivity index (χ4v) is 5.65. The van der Waals surface area contributed by atoms with Crippen LogP contribution in [0.4, 0.5) is 5.69 Å². The number of hydrogen-bond acceptors (Lipinski definition) is 2. The highest BCUT2D eigenvalue weighted by Crippen LogP contribution is 2.44. The van der Waals surface area contributed by atoms with Gasteiger partial charge in [0.1, 0.15) is 0 Å². The molecule has 0 bridgehead atoms. The lowest BCUT2D eigenvalue weighted by molar-refractivity contribution is 0.565. The number of aryl methyl sites for hydroxylation is 2. The van der Waals surface area contributed by atoms with E-state index in [2.05, 4.69) is 112 Å². The van der Waals surface area contributed by atoms with Crippen LogP contribution < -0.4 is 10.2 Å². The van der Waals surface area contributed by atoms with Crippen LogP contribution in [0.2, 0.25) is 0 Å². The highest BCUT2D eigenvalue weighted by Gasteiger charge is 2.42. The number of benzene rings is 2. The van der Waals surface area contributed by atoms with Crippen molar-refractivity contribution >= 4 is 38.9 Å². The number of halogens is 1. The van der Waals surface area contributed by atoms with Crippen molar-refractivity contribution < 1.29 is 0 Å². The number of aromatic nitrogens is 2. The lowest BCUT2D eigenvalue weighted by atomic mass is 9.96. The predicted octanol–water partition coefficient (Wildman–Crippen LogP) is 6.99. The third-order valence-electron chi connectivity index (χ3n) is 6.61. The zero-order valence-electron chi connectivity index (χ0n) is 19.5. The first-order chi connectivity index (χ1) is 16.5. The number of hydrogen-bond donors (Lipinski definition) is 1. The molecule has 1 N–H and O–H groups in total. The molecule has 0 spiro atoms. The molecule has 0 aliphatic carbocycles. The zero-order valence-corrected chi connectivity index (χ0v) is 21.9. The summed E-state index contributed by atoms with van der Waals surface area (Å²) < 4.78 is 3.42. The van der Waals surface area contributed by atoms with Crippen LogP contribution >= 0.6 is 28.1 Å². The molecule has 1 aliphatic heterocycles. The molecule has 0 unspecified atom stereocenters. The minimum absolute atomic E-state index is 0.0303. The molecule has 4 nitrogen and oxygen atoms in total. The van der Waals surface area contributed by atoms with Gasteiger partial charge in [0.25, 0.3) is 0 Å². The van der Waals surface area contributed by atoms with Gasteiger partial charge in [0.15, 0.2) is 5.11 Å². The molecule has 1 saturated heterocycles. The lowest BCUT2D eigenvalue weighted by Gasteiger charge is -2.28. The second-order valence-corrected chi connectivity index (χ2v) is 9.92. The van der Waals surface area contributed by atoms with Crippen LogP contribution in [0.5, 0.6) is 0 Å². The lowest BCUT2D eigenvalue weighted by Crippen LogP contribution is -2.29. The molecule has 2 aromatic heterocycles. The van der Waals surface area contributed by atoms with Crippen LogP contribution in [-0.2, 0) is 6.42 Å². The Balaban J connectivity index is 1.69. The number of nitrogens with one attached hydrogen (secondary N) is 1. The van der Waals surface area contributed by atoms with E-state index in [1.165, 1.54) is 28.2 Å². The molecule has 0 radical (unpaired) electrons. The molecule has 0 saturated carbocycles. The maximum atomic E-state index is 5.89. The SMILES string of the molecule is CCc1ccccc1-n1c(C)cc([C@H]2[C@@H](c3ccccn3)NC(=S)N2c2ccc(Br)cc2)c1C. The first kappa shape index (κ1) is 22.8. The average Bonchev–Trinajstić information content (AvgIpc) is 3.35. The van der Waals surface area contributed by atoms with Gasteiger partial charge in [-0.05, 0) is 92.1 Å². The normalized spacial score (nSPS) is 17.8. The molecule has 2 aromatic carbocycles. The minimum atomic E-state index is -0.0623. The Labute approximate surface area is 214 Å². The summed E-state index contributed by atoms with van der Waals surface area (Å²) in [6, 6.07) is 25.3. The number of nitrogens with zero attached hydrogens (tertiary/aromatic N) is 3. The van der Waals surface area contributed by atoms with Gasteiger partial charge in [-0.3, -0.25) is 4.98 Å². The number of rotatable bonds is 5. The summed E-state index contributed by atoms with van der Waals surface area (Å²) in [5.41, 5.74) is 8.29. The van der Waals surface area contributed by atoms with Gasteiger partial charge >= 0.3 is 0 Å². The zero-order chi connectivity index (χ0) is 23.8. The largest absolute Gasteiger partial charge is 0.351 e. The van der Waals surface area contributed by atoms with E-state index < -0.39 is 0 Å². The van der Waals surface area contributed by atoms with Crippen LogP contribution in [0.25, 0.3) is 5.69 Å². The van der Waals surface area contributed by atoms with Crippen molar-refractivity contribution in [2.75, 3.05) is 4.90 Å². The van der Waals surface area contributed by atoms with E-state index in [-0.39, 0.29) is 12.1 Å². The molecule has 1 aliphatic rings. The maximum Gasteiger partial charge on any atom is 0.174 e. The van der Waals surface area contributed by atoms with E-state index in [9.17, 15) is 0 Å². The van der Waals surface area contributed by atoms with E-state index in [0.29, 0.717) is 5.11 Å². The Morgan fingerprint density at radius 2 is 1.74 bits per heavy atom. The van der Waals surface area contributed by atoms with E-state index in [0.717, 1.165) is 22.3 Å². The second kappa shape index (κ2) is 9.35. The molecule has 5 rings (SSSR count). The second-order valence-electron chi connectivity index (χ2n) is 8.62. The third-order valence-corrected chi connectivity index (χ3v) is 7.45. The van der Waals surface area contributed by atoms with Gasteiger partial charge in [-0.15, -0.1) is 0 Å². The number of para-hydroxylation sites is 1. The van der Waals surface area contributed by atoms with Crippen molar-refractivity contribution in [2.45, 2.75) is 39.3 Å². The van der Waals surface area contributed by atoms with Gasteiger partial charge in [-0.25, -0.2) is 0 Å². The number of thiocarbonyl (C=S) groups is 1. The number of anilines is 1. The first-order valence-corrected chi connectivity index (χ1v) is 12.7. The molecule has 0 amide bonds. The maximum absolute atomic E-state index is 5.89. The van der Waals surface area contributed by atoms with Crippen molar-refractivity contribution in [3.63, 3.8) is 0 Å². The van der Waals surface area contributed by atoms with Crippen molar-refractivity contribution in [1.82, 2.24) is 14.9 Å². The highest BCUT2D eigenvalue weighted by atomic mass is 79.9. The topological polar surface area (TPSA) is 33.1 Å². The summed E-state index contributed by atoms with van der Waals surface area (Å²) in [6.07, 6.45) is 2.83. The van der Waals surface area contributed by atoms with E-state index >= 15 is 0 Å². The molecule has 3 heterocycles. The molecular formula is C28H27BrN4S. The monoisotopic (exact) mass is 530 g/mol. The fraction of sp³-hybridized carbons (Fsp3) is 0.214. The third kappa shape index (κ3) is 3.95. The van der Waals surface area contributed by atoms with Gasteiger partial charge in [0.2, 0.25) is 0 Å². The van der Waals surface area contributed by atoms with E-state index in [1.54, 1.807) is 0 Å². The molecule has 6 heteroatoms. The first-order valence-electron chi connectivity index (χ1n) is 11.5. The van der Waals surface area contributed by atoms with Gasteiger partial charge in [0, 0.05) is 33.4 Å². The Kier molecular flexibility index (Phi) is 6.28. The summed E-state index contributed by atoms with van der Waals surface area (Å²) >= 11 is 9.46. The molecule has 172 valence electrons. The van der Waals surface area contributed by atoms with Crippen LogP contribution in [0.1, 0.15) is 47.2 Å². The Hall–Kier alpha value is -2.96. The van der Waals surface area contributed by atoms with Crippen molar-refractivity contribution in [1.29, 1.82) is 0 Å². The van der Waals surface area contributed by atoms with Gasteiger partial charge in [-0.1, -0.05) is 47.1 Å². The van der Waals surface area contributed by atoms with Crippen LogP contribution in [0.15, 0.2) is 83.5 Å². The molecule has 1 fully saturated rings. The van der Waals surface area contributed by atoms with Crippen molar-refractivity contribution in [3.8, 4) is 5.69 Å². The van der Waals surface area contributed by atoms with E-state index in [1.807, 2.05) is 18.3 Å².